The summed E-state index contributed by atoms with van der Waals surface area (Å²) in [5.74, 6) is -0.493. The van der Waals surface area contributed by atoms with Crippen LogP contribution in [0.15, 0.2) is 29.4 Å². The van der Waals surface area contributed by atoms with E-state index in [1.165, 1.54) is 12.1 Å². The molecular weight excluding hydrogens is 323 g/mol. The molecule has 0 radical (unpaired) electrons. The van der Waals surface area contributed by atoms with Crippen molar-refractivity contribution in [3.8, 4) is 0 Å². The molecule has 0 aromatic heterocycles. The van der Waals surface area contributed by atoms with Crippen molar-refractivity contribution in [2.24, 2.45) is 5.10 Å². The van der Waals surface area contributed by atoms with Crippen molar-refractivity contribution in [1.82, 2.24) is 4.90 Å². The zero-order chi connectivity index (χ0) is 17.6. The second kappa shape index (κ2) is 8.03. The van der Waals surface area contributed by atoms with Crippen molar-refractivity contribution < 1.29 is 22.7 Å². The number of benzene rings is 1. The number of hydrazone groups is 1. The van der Waals surface area contributed by atoms with Gasteiger partial charge in [-0.3, -0.25) is 5.43 Å². The van der Waals surface area contributed by atoms with E-state index in [0.717, 1.165) is 31.4 Å². The van der Waals surface area contributed by atoms with Gasteiger partial charge in [-0.2, -0.15) is 13.2 Å². The van der Waals surface area contributed by atoms with E-state index < -0.39 is 17.7 Å². The van der Waals surface area contributed by atoms with Crippen LogP contribution >= 0.6 is 0 Å². The van der Waals surface area contributed by atoms with Gasteiger partial charge in [0, 0.05) is 13.1 Å². The number of rotatable bonds is 3. The molecule has 1 heterocycles. The number of halogens is 3. The number of likely N-dealkylation sites (tertiary alicyclic amines) is 1. The number of amidine groups is 1. The lowest BCUT2D eigenvalue weighted by molar-refractivity contribution is -0.138. The van der Waals surface area contributed by atoms with Gasteiger partial charge in [-0.05, 0) is 44.4 Å². The number of nitrogens with zero attached hydrogens (tertiary/aromatic N) is 2. The second-order valence-corrected chi connectivity index (χ2v) is 5.39. The minimum absolute atomic E-state index is 0.0916. The third kappa shape index (κ3) is 4.87. The quantitative estimate of drug-likeness (QED) is 0.395. The Kier molecular flexibility index (Phi) is 6.05. The minimum Gasteiger partial charge on any atom is -0.460 e. The van der Waals surface area contributed by atoms with E-state index in [1.54, 1.807) is 11.8 Å². The second-order valence-electron chi connectivity index (χ2n) is 5.39. The Balaban J connectivity index is 2.18. The summed E-state index contributed by atoms with van der Waals surface area (Å²) in [6.07, 6.45) is -1.49. The summed E-state index contributed by atoms with van der Waals surface area (Å²) < 4.78 is 43.2. The Morgan fingerprint density at radius 1 is 1.29 bits per heavy atom. The first-order valence-corrected chi connectivity index (χ1v) is 7.85. The smallest absolute Gasteiger partial charge is 0.416 e. The highest BCUT2D eigenvalue weighted by Gasteiger charge is 2.30. The maximum Gasteiger partial charge on any atom is 0.416 e. The lowest BCUT2D eigenvalue weighted by atomic mass is 10.1. The fraction of sp³-hybridized carbons (Fsp3) is 0.500. The molecule has 8 heteroatoms. The lowest BCUT2D eigenvalue weighted by Crippen LogP contribution is -2.41. The van der Waals surface area contributed by atoms with E-state index in [2.05, 4.69) is 10.5 Å². The van der Waals surface area contributed by atoms with Crippen LogP contribution in [0.25, 0.3) is 0 Å². The molecule has 1 aliphatic heterocycles. The van der Waals surface area contributed by atoms with Gasteiger partial charge >= 0.3 is 12.1 Å². The normalized spacial score (nSPS) is 16.0. The van der Waals surface area contributed by atoms with Crippen LogP contribution in [0.5, 0.6) is 0 Å². The predicted molar refractivity (Wildman–Crippen MR) is 84.6 cm³/mol. The van der Waals surface area contributed by atoms with Gasteiger partial charge in [0.25, 0.3) is 0 Å². The van der Waals surface area contributed by atoms with E-state index >= 15 is 0 Å². The molecule has 0 unspecified atom stereocenters. The predicted octanol–water partition coefficient (Wildman–Crippen LogP) is 3.48. The molecule has 0 saturated carbocycles. The first-order chi connectivity index (χ1) is 11.4. The zero-order valence-corrected chi connectivity index (χ0v) is 13.4. The molecule has 0 aliphatic carbocycles. The van der Waals surface area contributed by atoms with Gasteiger partial charge < -0.3 is 9.64 Å². The summed E-state index contributed by atoms with van der Waals surface area (Å²) in [6, 6.07) is 4.66. The molecule has 1 N–H and O–H groups in total. The molecular formula is C16H20F3N3O2. The van der Waals surface area contributed by atoms with Crippen molar-refractivity contribution in [3.63, 3.8) is 0 Å². The summed E-state index contributed by atoms with van der Waals surface area (Å²) in [6.45, 7) is 3.23. The number of esters is 1. The number of piperidine rings is 1. The number of carbonyl (C=O) groups excluding carboxylic acids is 1. The van der Waals surface area contributed by atoms with Crippen molar-refractivity contribution in [3.05, 3.63) is 29.8 Å². The zero-order valence-electron chi connectivity index (χ0n) is 13.4. The third-order valence-electron chi connectivity index (χ3n) is 3.59. The first kappa shape index (κ1) is 18.1. The van der Waals surface area contributed by atoms with Crippen LogP contribution in [0, 0.1) is 0 Å². The van der Waals surface area contributed by atoms with Gasteiger partial charge in [-0.15, -0.1) is 5.10 Å². The van der Waals surface area contributed by atoms with Crippen molar-refractivity contribution in [2.75, 3.05) is 25.1 Å². The Morgan fingerprint density at radius 3 is 2.62 bits per heavy atom. The average molecular weight is 343 g/mol. The summed E-state index contributed by atoms with van der Waals surface area (Å²) in [5, 5.41) is 4.01. The topological polar surface area (TPSA) is 53.9 Å². The average Bonchev–Trinajstić information content (AvgIpc) is 2.56. The van der Waals surface area contributed by atoms with Crippen molar-refractivity contribution in [2.45, 2.75) is 32.4 Å². The summed E-state index contributed by atoms with van der Waals surface area (Å²) in [4.78, 5) is 13.9. The van der Waals surface area contributed by atoms with E-state index in [0.29, 0.717) is 13.1 Å². The van der Waals surface area contributed by atoms with Crippen LogP contribution in [0.3, 0.4) is 0 Å². The van der Waals surface area contributed by atoms with E-state index in [-0.39, 0.29) is 18.1 Å². The summed E-state index contributed by atoms with van der Waals surface area (Å²) in [5.41, 5.74) is 1.92. The molecule has 5 nitrogen and oxygen atoms in total. The van der Waals surface area contributed by atoms with Crippen LogP contribution in [-0.4, -0.2) is 36.4 Å². The van der Waals surface area contributed by atoms with Crippen LogP contribution in [0.1, 0.15) is 31.7 Å². The molecule has 2 rings (SSSR count). The highest BCUT2D eigenvalue weighted by molar-refractivity contribution is 6.35. The molecule has 0 amide bonds. The van der Waals surface area contributed by atoms with Gasteiger partial charge in [0.1, 0.15) is 0 Å². The number of nitrogens with one attached hydrogen (secondary N) is 1. The molecule has 1 aliphatic rings. The number of ether oxygens (including phenoxy) is 1. The highest BCUT2D eigenvalue weighted by Crippen LogP contribution is 2.30. The summed E-state index contributed by atoms with van der Waals surface area (Å²) in [7, 11) is 0. The SMILES string of the molecule is CCOC(=O)/C(=N\Nc1cccc(C(F)(F)F)c1)N1CCCCC1. The molecule has 1 fully saturated rings. The number of anilines is 1. The Bertz CT molecular complexity index is 596. The van der Waals surface area contributed by atoms with Gasteiger partial charge in [0.2, 0.25) is 5.84 Å². The fourth-order valence-electron chi connectivity index (χ4n) is 2.43. The van der Waals surface area contributed by atoms with Crippen LogP contribution in [-0.2, 0) is 15.7 Å². The monoisotopic (exact) mass is 343 g/mol. The fourth-order valence-corrected chi connectivity index (χ4v) is 2.43. The van der Waals surface area contributed by atoms with Crippen molar-refractivity contribution in [1.29, 1.82) is 0 Å². The van der Waals surface area contributed by atoms with Gasteiger partial charge in [-0.25, -0.2) is 4.79 Å². The molecule has 1 aromatic carbocycles. The largest absolute Gasteiger partial charge is 0.460 e. The van der Waals surface area contributed by atoms with E-state index in [1.807, 2.05) is 0 Å². The number of alkyl halides is 3. The summed E-state index contributed by atoms with van der Waals surface area (Å²) >= 11 is 0. The first-order valence-electron chi connectivity index (χ1n) is 7.85. The van der Waals surface area contributed by atoms with Crippen LogP contribution in [0.4, 0.5) is 18.9 Å². The van der Waals surface area contributed by atoms with E-state index in [4.69, 9.17) is 4.74 Å². The Labute approximate surface area is 138 Å². The maximum absolute atomic E-state index is 12.7. The lowest BCUT2D eigenvalue weighted by Gasteiger charge is -2.28. The van der Waals surface area contributed by atoms with Gasteiger partial charge in [0.15, 0.2) is 0 Å². The van der Waals surface area contributed by atoms with Crippen LogP contribution < -0.4 is 5.43 Å². The molecule has 132 valence electrons. The molecule has 1 saturated heterocycles. The number of hydrogen-bond acceptors (Lipinski definition) is 4. The highest BCUT2D eigenvalue weighted by atomic mass is 19.4. The molecule has 0 atom stereocenters. The Morgan fingerprint density at radius 2 is 2.00 bits per heavy atom. The maximum atomic E-state index is 12.7. The van der Waals surface area contributed by atoms with Crippen molar-refractivity contribution >= 4 is 17.5 Å². The molecule has 0 bridgehead atoms. The third-order valence-corrected chi connectivity index (χ3v) is 3.59. The molecule has 1 aromatic rings. The van der Waals surface area contributed by atoms with Crippen LogP contribution in [0.2, 0.25) is 0 Å². The van der Waals surface area contributed by atoms with Gasteiger partial charge in [-0.1, -0.05) is 6.07 Å². The standard InChI is InChI=1S/C16H20F3N3O2/c1-2-24-15(23)14(22-9-4-3-5-10-22)21-20-13-8-6-7-12(11-13)16(17,18)19/h6-8,11,20H,2-5,9-10H2,1H3/b21-14+. The van der Waals surface area contributed by atoms with Gasteiger partial charge in [0.05, 0.1) is 17.9 Å². The minimum atomic E-state index is -4.43. The molecule has 24 heavy (non-hydrogen) atoms. The number of carbonyl (C=O) groups is 1. The Hall–Kier alpha value is -2.25. The molecule has 0 spiro atoms. The number of hydrogen-bond donors (Lipinski definition) is 1. The van der Waals surface area contributed by atoms with E-state index in [9.17, 15) is 18.0 Å².